The van der Waals surface area contributed by atoms with Gasteiger partial charge in [0.05, 0.1) is 30.2 Å². The molecule has 2 aromatic rings. The predicted octanol–water partition coefficient (Wildman–Crippen LogP) is 2.48. The maximum absolute atomic E-state index is 12.2. The van der Waals surface area contributed by atoms with E-state index in [1.165, 1.54) is 0 Å². The second kappa shape index (κ2) is 5.46. The Balaban J connectivity index is 2.39. The van der Waals surface area contributed by atoms with Crippen molar-refractivity contribution in [3.63, 3.8) is 0 Å². The number of benzene rings is 1. The van der Waals surface area contributed by atoms with Crippen molar-refractivity contribution in [2.75, 3.05) is 6.61 Å². The van der Waals surface area contributed by atoms with Crippen LogP contribution in [0, 0.1) is 4.77 Å². The largest absolute Gasteiger partial charge is 0.377 e. The zero-order chi connectivity index (χ0) is 13.1. The molecule has 0 aliphatic rings. The summed E-state index contributed by atoms with van der Waals surface area (Å²) in [6.07, 6.45) is 0.152. The minimum absolute atomic E-state index is 0.0679. The Bertz CT molecular complexity index is 658. The van der Waals surface area contributed by atoms with E-state index in [0.717, 1.165) is 5.52 Å². The summed E-state index contributed by atoms with van der Waals surface area (Å²) in [6.45, 7) is 4.87. The van der Waals surface area contributed by atoms with E-state index < -0.39 is 0 Å². The van der Waals surface area contributed by atoms with Gasteiger partial charge in [0.15, 0.2) is 4.77 Å². The van der Waals surface area contributed by atoms with E-state index in [-0.39, 0.29) is 11.7 Å². The monoisotopic (exact) mass is 264 g/mol. The second-order valence-electron chi connectivity index (χ2n) is 4.35. The van der Waals surface area contributed by atoms with Gasteiger partial charge in [-0.05, 0) is 38.2 Å². The smallest absolute Gasteiger partial charge is 0.262 e. The molecule has 96 valence electrons. The summed E-state index contributed by atoms with van der Waals surface area (Å²) < 4.78 is 7.43. The molecule has 0 aliphatic heterocycles. The minimum atomic E-state index is -0.0679. The summed E-state index contributed by atoms with van der Waals surface area (Å²) in [7, 11) is 0. The molecule has 0 amide bonds. The number of nitrogens with one attached hydrogen (secondary N) is 1. The fourth-order valence-corrected chi connectivity index (χ4v) is 2.07. The third-order valence-corrected chi connectivity index (χ3v) is 2.98. The molecule has 0 aliphatic carbocycles. The number of H-pyrrole nitrogens is 1. The lowest BCUT2D eigenvalue weighted by Gasteiger charge is -2.10. The molecule has 0 unspecified atom stereocenters. The van der Waals surface area contributed by atoms with Gasteiger partial charge in [-0.2, -0.15) is 0 Å². The van der Waals surface area contributed by atoms with Crippen molar-refractivity contribution >= 4 is 23.1 Å². The topological polar surface area (TPSA) is 47.0 Å². The van der Waals surface area contributed by atoms with Gasteiger partial charge in [-0.3, -0.25) is 9.36 Å². The molecule has 1 aromatic carbocycles. The average Bonchev–Trinajstić information content (AvgIpc) is 2.33. The quantitative estimate of drug-likeness (QED) is 0.863. The Morgan fingerprint density at radius 3 is 2.83 bits per heavy atom. The lowest BCUT2D eigenvalue weighted by molar-refractivity contribution is 0.0720. The van der Waals surface area contributed by atoms with E-state index in [0.29, 0.717) is 23.3 Å². The molecule has 0 spiro atoms. The molecule has 0 saturated heterocycles. The molecular weight excluding hydrogens is 248 g/mol. The number of para-hydroxylation sites is 1. The normalized spacial score (nSPS) is 11.3. The summed E-state index contributed by atoms with van der Waals surface area (Å²) in [5.41, 5.74) is 0.704. The van der Waals surface area contributed by atoms with Crippen molar-refractivity contribution in [3.8, 4) is 0 Å². The molecule has 0 saturated carbocycles. The molecule has 5 heteroatoms. The molecule has 0 atom stereocenters. The number of hydrogen-bond acceptors (Lipinski definition) is 3. The van der Waals surface area contributed by atoms with Crippen LogP contribution in [0.2, 0.25) is 0 Å². The zero-order valence-corrected chi connectivity index (χ0v) is 11.3. The van der Waals surface area contributed by atoms with E-state index in [9.17, 15) is 4.79 Å². The highest BCUT2D eigenvalue weighted by Gasteiger charge is 2.05. The molecule has 1 aromatic heterocycles. The van der Waals surface area contributed by atoms with E-state index in [1.807, 2.05) is 32.0 Å². The number of rotatable bonds is 4. The van der Waals surface area contributed by atoms with Crippen molar-refractivity contribution < 1.29 is 4.74 Å². The highest BCUT2D eigenvalue weighted by Crippen LogP contribution is 2.05. The summed E-state index contributed by atoms with van der Waals surface area (Å²) in [5.74, 6) is 0. The van der Waals surface area contributed by atoms with Crippen molar-refractivity contribution in [1.29, 1.82) is 0 Å². The highest BCUT2D eigenvalue weighted by atomic mass is 32.1. The molecule has 1 N–H and O–H groups in total. The first-order chi connectivity index (χ1) is 8.59. The van der Waals surface area contributed by atoms with Crippen molar-refractivity contribution in [2.24, 2.45) is 0 Å². The fraction of sp³-hybridized carbons (Fsp3) is 0.385. The lowest BCUT2D eigenvalue weighted by atomic mass is 10.2. The van der Waals surface area contributed by atoms with E-state index in [4.69, 9.17) is 17.0 Å². The van der Waals surface area contributed by atoms with Crippen LogP contribution in [-0.4, -0.2) is 22.3 Å². The third-order valence-electron chi connectivity index (χ3n) is 2.66. The summed E-state index contributed by atoms with van der Waals surface area (Å²) in [5, 5.41) is 0.649. The summed E-state index contributed by atoms with van der Waals surface area (Å²) >= 11 is 5.20. The maximum Gasteiger partial charge on any atom is 0.262 e. The molecular formula is C13H16N2O2S. The Morgan fingerprint density at radius 1 is 1.39 bits per heavy atom. The van der Waals surface area contributed by atoms with Gasteiger partial charge in [0.1, 0.15) is 0 Å². The van der Waals surface area contributed by atoms with Gasteiger partial charge in [-0.25, -0.2) is 0 Å². The Morgan fingerprint density at radius 2 is 2.11 bits per heavy atom. The maximum atomic E-state index is 12.2. The Hall–Kier alpha value is -1.46. The first-order valence-electron chi connectivity index (χ1n) is 5.93. The fourth-order valence-electron chi connectivity index (χ4n) is 1.78. The average molecular weight is 264 g/mol. The zero-order valence-electron chi connectivity index (χ0n) is 10.5. The van der Waals surface area contributed by atoms with Gasteiger partial charge >= 0.3 is 0 Å². The minimum Gasteiger partial charge on any atom is -0.377 e. The standard InChI is InChI=1S/C13H16N2O2S/c1-9(2)17-8-7-15-12(16)10-5-3-4-6-11(10)14-13(15)18/h3-6,9H,7-8H2,1-2H3,(H,14,18). The molecule has 4 nitrogen and oxygen atoms in total. The van der Waals surface area contributed by atoms with Gasteiger partial charge in [0.25, 0.3) is 5.56 Å². The van der Waals surface area contributed by atoms with Gasteiger partial charge in [-0.15, -0.1) is 0 Å². The third kappa shape index (κ3) is 2.68. The van der Waals surface area contributed by atoms with Crippen LogP contribution in [0.15, 0.2) is 29.1 Å². The first-order valence-corrected chi connectivity index (χ1v) is 6.34. The van der Waals surface area contributed by atoms with E-state index in [2.05, 4.69) is 4.98 Å². The van der Waals surface area contributed by atoms with Crippen molar-refractivity contribution in [3.05, 3.63) is 39.4 Å². The Labute approximate surface area is 110 Å². The predicted molar refractivity (Wildman–Crippen MR) is 74.5 cm³/mol. The van der Waals surface area contributed by atoms with Gasteiger partial charge in [-0.1, -0.05) is 12.1 Å². The van der Waals surface area contributed by atoms with Crippen molar-refractivity contribution in [2.45, 2.75) is 26.5 Å². The van der Waals surface area contributed by atoms with Crippen molar-refractivity contribution in [1.82, 2.24) is 9.55 Å². The van der Waals surface area contributed by atoms with Crippen LogP contribution in [0.4, 0.5) is 0 Å². The van der Waals surface area contributed by atoms with Crippen LogP contribution in [-0.2, 0) is 11.3 Å². The number of nitrogens with zero attached hydrogens (tertiary/aromatic N) is 1. The Kier molecular flexibility index (Phi) is 3.93. The molecule has 0 bridgehead atoms. The van der Waals surface area contributed by atoms with Crippen LogP contribution in [0.1, 0.15) is 13.8 Å². The number of hydrogen-bond donors (Lipinski definition) is 1. The van der Waals surface area contributed by atoms with Gasteiger partial charge < -0.3 is 9.72 Å². The number of fused-ring (bicyclic) bond motifs is 1. The summed E-state index contributed by atoms with van der Waals surface area (Å²) in [6, 6.07) is 7.36. The van der Waals surface area contributed by atoms with Crippen LogP contribution in [0.5, 0.6) is 0 Å². The lowest BCUT2D eigenvalue weighted by Crippen LogP contribution is -2.25. The van der Waals surface area contributed by atoms with Gasteiger partial charge in [0, 0.05) is 0 Å². The highest BCUT2D eigenvalue weighted by molar-refractivity contribution is 7.71. The number of aromatic nitrogens is 2. The van der Waals surface area contributed by atoms with Crippen LogP contribution < -0.4 is 5.56 Å². The van der Waals surface area contributed by atoms with Crippen LogP contribution in [0.3, 0.4) is 0 Å². The molecule has 1 heterocycles. The number of aromatic amines is 1. The van der Waals surface area contributed by atoms with Crippen LogP contribution >= 0.6 is 12.2 Å². The van der Waals surface area contributed by atoms with E-state index in [1.54, 1.807) is 10.6 Å². The number of ether oxygens (including phenoxy) is 1. The summed E-state index contributed by atoms with van der Waals surface area (Å²) in [4.78, 5) is 15.3. The van der Waals surface area contributed by atoms with Gasteiger partial charge in [0.2, 0.25) is 0 Å². The van der Waals surface area contributed by atoms with Crippen LogP contribution in [0.25, 0.3) is 10.9 Å². The molecule has 0 radical (unpaired) electrons. The molecule has 2 rings (SSSR count). The first kappa shape index (κ1) is 13.0. The SMILES string of the molecule is CC(C)OCCn1c(=S)[nH]c2ccccc2c1=O. The molecule has 18 heavy (non-hydrogen) atoms. The molecule has 0 fully saturated rings. The van der Waals surface area contributed by atoms with E-state index >= 15 is 0 Å². The second-order valence-corrected chi connectivity index (χ2v) is 4.74.